The maximum Gasteiger partial charge on any atom is 0.0546 e. The lowest BCUT2D eigenvalue weighted by molar-refractivity contribution is 0.0224. The van der Waals surface area contributed by atoms with Crippen molar-refractivity contribution in [2.75, 3.05) is 20.1 Å². The first-order chi connectivity index (χ1) is 8.10. The Labute approximate surface area is 102 Å². The van der Waals surface area contributed by atoms with E-state index in [4.69, 9.17) is 5.73 Å². The third-order valence-corrected chi connectivity index (χ3v) is 3.62. The summed E-state index contributed by atoms with van der Waals surface area (Å²) in [5.74, 6) is 0.612. The predicted molar refractivity (Wildman–Crippen MR) is 66.4 cm³/mol. The second-order valence-corrected chi connectivity index (χ2v) is 5.13. The summed E-state index contributed by atoms with van der Waals surface area (Å²) in [4.78, 5) is 2.27. The number of aliphatic hydroxyl groups is 1. The van der Waals surface area contributed by atoms with Crippen LogP contribution >= 0.6 is 0 Å². The van der Waals surface area contributed by atoms with Gasteiger partial charge in [0.15, 0.2) is 0 Å². The molecule has 0 spiro atoms. The van der Waals surface area contributed by atoms with E-state index < -0.39 is 0 Å². The molecule has 0 aromatic carbocycles. The van der Waals surface area contributed by atoms with Crippen molar-refractivity contribution in [2.24, 2.45) is 18.7 Å². The molecule has 1 unspecified atom stereocenters. The molecule has 1 aliphatic carbocycles. The van der Waals surface area contributed by atoms with Crippen molar-refractivity contribution in [3.05, 3.63) is 18.0 Å². The SMILES string of the molecule is CN(CC1CC(O)C1)C(CN)c1cnn(C)c1. The van der Waals surface area contributed by atoms with E-state index in [0.29, 0.717) is 12.5 Å². The number of aryl methyl sites for hydroxylation is 1. The van der Waals surface area contributed by atoms with E-state index in [-0.39, 0.29) is 12.1 Å². The molecular formula is C12H22N4O. The molecule has 0 saturated heterocycles. The van der Waals surface area contributed by atoms with Crippen LogP contribution in [0.25, 0.3) is 0 Å². The third-order valence-electron chi connectivity index (χ3n) is 3.62. The largest absolute Gasteiger partial charge is 0.393 e. The van der Waals surface area contributed by atoms with Gasteiger partial charge in [-0.15, -0.1) is 0 Å². The minimum atomic E-state index is -0.0804. The van der Waals surface area contributed by atoms with Gasteiger partial charge in [0.25, 0.3) is 0 Å². The molecule has 0 aliphatic heterocycles. The fourth-order valence-electron chi connectivity index (χ4n) is 2.57. The summed E-state index contributed by atoms with van der Waals surface area (Å²) in [5.41, 5.74) is 7.01. The monoisotopic (exact) mass is 238 g/mol. The zero-order valence-corrected chi connectivity index (χ0v) is 10.6. The lowest BCUT2D eigenvalue weighted by Crippen LogP contribution is -2.40. The van der Waals surface area contributed by atoms with Gasteiger partial charge in [0, 0.05) is 37.9 Å². The molecule has 0 radical (unpaired) electrons. The van der Waals surface area contributed by atoms with E-state index in [1.807, 2.05) is 19.4 Å². The smallest absolute Gasteiger partial charge is 0.0546 e. The highest BCUT2D eigenvalue weighted by Gasteiger charge is 2.29. The molecule has 1 aliphatic rings. The predicted octanol–water partition coefficient (Wildman–Crippen LogP) is 0.123. The van der Waals surface area contributed by atoms with Gasteiger partial charge >= 0.3 is 0 Å². The Morgan fingerprint density at radius 3 is 2.82 bits per heavy atom. The lowest BCUT2D eigenvalue weighted by Gasteiger charge is -2.37. The maximum atomic E-state index is 9.29. The number of aliphatic hydroxyl groups excluding tert-OH is 1. The Kier molecular flexibility index (Phi) is 3.81. The molecular weight excluding hydrogens is 216 g/mol. The van der Waals surface area contributed by atoms with Crippen LogP contribution in [-0.2, 0) is 7.05 Å². The normalized spacial score (nSPS) is 25.9. The van der Waals surface area contributed by atoms with E-state index >= 15 is 0 Å². The molecule has 1 aromatic rings. The number of hydrogen-bond donors (Lipinski definition) is 2. The van der Waals surface area contributed by atoms with E-state index in [2.05, 4.69) is 17.0 Å². The molecule has 0 bridgehead atoms. The quantitative estimate of drug-likeness (QED) is 0.765. The molecule has 96 valence electrons. The molecule has 1 heterocycles. The number of aromatic nitrogens is 2. The number of nitrogens with zero attached hydrogens (tertiary/aromatic N) is 3. The summed E-state index contributed by atoms with van der Waals surface area (Å²) >= 11 is 0. The summed E-state index contributed by atoms with van der Waals surface area (Å²) in [6, 6.07) is 0.224. The first-order valence-corrected chi connectivity index (χ1v) is 6.17. The molecule has 1 atom stereocenters. The summed E-state index contributed by atoms with van der Waals surface area (Å²) in [6.07, 6.45) is 5.67. The van der Waals surface area contributed by atoms with E-state index in [0.717, 1.165) is 24.9 Å². The highest BCUT2D eigenvalue weighted by atomic mass is 16.3. The Bertz CT molecular complexity index is 359. The standard InChI is InChI=1S/C12H22N4O/c1-15(7-9-3-11(17)4-9)12(5-13)10-6-14-16(2)8-10/h6,8-9,11-12,17H,3-5,7,13H2,1-2H3. The van der Waals surface area contributed by atoms with E-state index in [1.165, 1.54) is 0 Å². The Morgan fingerprint density at radius 1 is 1.65 bits per heavy atom. The second-order valence-electron chi connectivity index (χ2n) is 5.13. The second kappa shape index (κ2) is 5.16. The molecule has 17 heavy (non-hydrogen) atoms. The van der Waals surface area contributed by atoms with Crippen molar-refractivity contribution in [3.63, 3.8) is 0 Å². The number of rotatable bonds is 5. The Morgan fingerprint density at radius 2 is 2.35 bits per heavy atom. The zero-order chi connectivity index (χ0) is 12.4. The van der Waals surface area contributed by atoms with Crippen molar-refractivity contribution in [1.82, 2.24) is 14.7 Å². The fraction of sp³-hybridized carbons (Fsp3) is 0.750. The van der Waals surface area contributed by atoms with Crippen LogP contribution < -0.4 is 5.73 Å². The minimum absolute atomic E-state index is 0.0804. The van der Waals surface area contributed by atoms with Crippen molar-refractivity contribution in [2.45, 2.75) is 25.0 Å². The van der Waals surface area contributed by atoms with Crippen molar-refractivity contribution in [3.8, 4) is 0 Å². The first-order valence-electron chi connectivity index (χ1n) is 6.17. The molecule has 5 nitrogen and oxygen atoms in total. The molecule has 0 amide bonds. The van der Waals surface area contributed by atoms with E-state index in [1.54, 1.807) is 4.68 Å². The third kappa shape index (κ3) is 2.86. The van der Waals surface area contributed by atoms with Crippen molar-refractivity contribution < 1.29 is 5.11 Å². The van der Waals surface area contributed by atoms with Gasteiger partial charge in [0.2, 0.25) is 0 Å². The summed E-state index contributed by atoms with van der Waals surface area (Å²) < 4.78 is 1.80. The molecule has 1 fully saturated rings. The number of nitrogens with two attached hydrogens (primary N) is 1. The molecule has 1 aromatic heterocycles. The van der Waals surface area contributed by atoms with Crippen LogP contribution in [0.15, 0.2) is 12.4 Å². The lowest BCUT2D eigenvalue weighted by atomic mass is 9.82. The highest BCUT2D eigenvalue weighted by Crippen LogP contribution is 2.29. The van der Waals surface area contributed by atoms with Crippen LogP contribution in [-0.4, -0.2) is 46.0 Å². The van der Waals surface area contributed by atoms with Crippen LogP contribution in [0.5, 0.6) is 0 Å². The van der Waals surface area contributed by atoms with Crippen LogP contribution in [0, 0.1) is 5.92 Å². The molecule has 3 N–H and O–H groups in total. The maximum absolute atomic E-state index is 9.29. The highest BCUT2D eigenvalue weighted by molar-refractivity contribution is 5.11. The van der Waals surface area contributed by atoms with Crippen LogP contribution in [0.4, 0.5) is 0 Å². The zero-order valence-electron chi connectivity index (χ0n) is 10.6. The number of hydrogen-bond acceptors (Lipinski definition) is 4. The number of likely N-dealkylation sites (N-methyl/N-ethyl adjacent to an activating group) is 1. The van der Waals surface area contributed by atoms with Gasteiger partial charge in [-0.2, -0.15) is 5.10 Å². The average molecular weight is 238 g/mol. The minimum Gasteiger partial charge on any atom is -0.393 e. The van der Waals surface area contributed by atoms with Gasteiger partial charge in [0.05, 0.1) is 12.3 Å². The van der Waals surface area contributed by atoms with E-state index in [9.17, 15) is 5.11 Å². The topological polar surface area (TPSA) is 67.3 Å². The van der Waals surface area contributed by atoms with Gasteiger partial charge in [0.1, 0.15) is 0 Å². The summed E-state index contributed by atoms with van der Waals surface area (Å²) in [6.45, 7) is 1.59. The van der Waals surface area contributed by atoms with Gasteiger partial charge in [-0.05, 0) is 25.8 Å². The summed E-state index contributed by atoms with van der Waals surface area (Å²) in [7, 11) is 4.01. The van der Waals surface area contributed by atoms with Crippen LogP contribution in [0.1, 0.15) is 24.4 Å². The molecule has 1 saturated carbocycles. The van der Waals surface area contributed by atoms with Gasteiger partial charge < -0.3 is 10.8 Å². The Balaban J connectivity index is 1.93. The molecule has 2 rings (SSSR count). The summed E-state index contributed by atoms with van der Waals surface area (Å²) in [5, 5.41) is 13.5. The average Bonchev–Trinajstić information content (AvgIpc) is 2.64. The fourth-order valence-corrected chi connectivity index (χ4v) is 2.57. The first kappa shape index (κ1) is 12.5. The Hall–Kier alpha value is -0.910. The van der Waals surface area contributed by atoms with Crippen LogP contribution in [0.2, 0.25) is 0 Å². The van der Waals surface area contributed by atoms with Gasteiger partial charge in [-0.3, -0.25) is 9.58 Å². The van der Waals surface area contributed by atoms with Crippen molar-refractivity contribution >= 4 is 0 Å². The molecule has 5 heteroatoms. The van der Waals surface area contributed by atoms with Gasteiger partial charge in [-0.25, -0.2) is 0 Å². The van der Waals surface area contributed by atoms with Crippen molar-refractivity contribution in [1.29, 1.82) is 0 Å². The van der Waals surface area contributed by atoms with Gasteiger partial charge in [-0.1, -0.05) is 0 Å². The van der Waals surface area contributed by atoms with Crippen LogP contribution in [0.3, 0.4) is 0 Å².